The molecule has 7 N–H and O–H groups in total. The molecule has 5 rings (SSSR count). The van der Waals surface area contributed by atoms with Crippen molar-refractivity contribution in [3.8, 4) is 0 Å². The average Bonchev–Trinajstić information content (AvgIpc) is 3.32. The van der Waals surface area contributed by atoms with Crippen LogP contribution in [0.5, 0.6) is 0 Å². The highest BCUT2D eigenvalue weighted by Gasteiger charge is 2.63. The fourth-order valence-electron chi connectivity index (χ4n) is 10.4. The second-order valence-electron chi connectivity index (χ2n) is 15.8. The van der Waals surface area contributed by atoms with Crippen molar-refractivity contribution in [2.75, 3.05) is 6.61 Å². The minimum Gasteiger partial charge on any atom is -0.510 e. The van der Waals surface area contributed by atoms with Gasteiger partial charge >= 0.3 is 7.82 Å². The first-order chi connectivity index (χ1) is 21.0. The van der Waals surface area contributed by atoms with Crippen LogP contribution in [0.1, 0.15) is 98.8 Å². The largest absolute Gasteiger partial charge is 0.510 e. The van der Waals surface area contributed by atoms with Crippen LogP contribution in [0.15, 0.2) is 11.3 Å². The van der Waals surface area contributed by atoms with Gasteiger partial charge in [0.15, 0.2) is 6.29 Å². The molecule has 45 heavy (non-hydrogen) atoms. The monoisotopic (exact) mass is 660 g/mol. The van der Waals surface area contributed by atoms with E-state index in [1.807, 2.05) is 0 Å². The van der Waals surface area contributed by atoms with Gasteiger partial charge in [-0.2, -0.15) is 0 Å². The lowest BCUT2D eigenvalue weighted by Gasteiger charge is -2.60. The molecule has 1 aliphatic heterocycles. The zero-order valence-corrected chi connectivity index (χ0v) is 28.4. The number of phosphoric acid groups is 1. The number of ether oxygens (including phenoxy) is 2. The van der Waals surface area contributed by atoms with Gasteiger partial charge in [0.2, 0.25) is 0 Å². The Labute approximate surface area is 267 Å². The van der Waals surface area contributed by atoms with E-state index in [4.69, 9.17) is 19.3 Å². The Kier molecular flexibility index (Phi) is 10.6. The third kappa shape index (κ3) is 6.83. The van der Waals surface area contributed by atoms with Crippen molar-refractivity contribution in [2.24, 2.45) is 46.3 Å². The van der Waals surface area contributed by atoms with Crippen molar-refractivity contribution in [1.82, 2.24) is 0 Å². The van der Waals surface area contributed by atoms with Crippen LogP contribution in [0, 0.1) is 46.3 Å². The summed E-state index contributed by atoms with van der Waals surface area (Å²) in [7, 11) is -4.86. The summed E-state index contributed by atoms with van der Waals surface area (Å²) < 4.78 is 27.4. The van der Waals surface area contributed by atoms with Crippen LogP contribution in [0.4, 0.5) is 0 Å². The minimum absolute atomic E-state index is 0.00208. The first-order valence-electron chi connectivity index (χ1n) is 17.1. The molecule has 1 saturated heterocycles. The number of rotatable bonds is 10. The van der Waals surface area contributed by atoms with Crippen LogP contribution in [0.25, 0.3) is 0 Å². The molecule has 1 heterocycles. The highest BCUT2D eigenvalue weighted by Crippen LogP contribution is 2.68. The van der Waals surface area contributed by atoms with Gasteiger partial charge in [-0.25, -0.2) is 4.57 Å². The molecule has 4 aliphatic carbocycles. The molecule has 0 aromatic rings. The molecule has 0 spiro atoms. The van der Waals surface area contributed by atoms with E-state index in [0.717, 1.165) is 24.8 Å². The van der Waals surface area contributed by atoms with Gasteiger partial charge in [-0.05, 0) is 96.9 Å². The highest BCUT2D eigenvalue weighted by atomic mass is 31.2. The molecule has 4 fully saturated rings. The molecule has 14 atom stereocenters. The van der Waals surface area contributed by atoms with Crippen molar-refractivity contribution < 1.29 is 53.9 Å². The third-order valence-electron chi connectivity index (χ3n) is 12.8. The summed E-state index contributed by atoms with van der Waals surface area (Å²) in [6.45, 7) is 10.9. The second kappa shape index (κ2) is 13.4. The van der Waals surface area contributed by atoms with Gasteiger partial charge in [-0.3, -0.25) is 4.52 Å². The summed E-state index contributed by atoms with van der Waals surface area (Å²) in [5.41, 5.74) is 0.616. The van der Waals surface area contributed by atoms with Crippen LogP contribution in [0.3, 0.4) is 0 Å². The van der Waals surface area contributed by atoms with Gasteiger partial charge in [0.05, 0.1) is 12.7 Å². The Bertz CT molecular complexity index is 1130. The topological polar surface area (TPSA) is 186 Å². The SMILES string of the molecule is CC(C)CCC[C@@H](C)[C@H]1CC[C@H]2[C@@H]3C(O)C(O)=C4C[C@@H](O[C@H]5O[C@H](COP(=O)(O)O)[C@@H](O)[C@@H](O)[C@H]5O)CC[C@]4(C)[C@H]3CC[C@]12C. The van der Waals surface area contributed by atoms with Gasteiger partial charge in [-0.1, -0.05) is 53.9 Å². The third-order valence-corrected chi connectivity index (χ3v) is 13.3. The summed E-state index contributed by atoms with van der Waals surface area (Å²) >= 11 is 0. The highest BCUT2D eigenvalue weighted by molar-refractivity contribution is 7.46. The fraction of sp³-hybridized carbons (Fsp3) is 0.939. The maximum Gasteiger partial charge on any atom is 0.469 e. The van der Waals surface area contributed by atoms with Gasteiger partial charge in [0.25, 0.3) is 0 Å². The average molecular weight is 661 g/mol. The molecule has 12 heteroatoms. The predicted molar refractivity (Wildman–Crippen MR) is 166 cm³/mol. The normalized spacial score (nSPS) is 46.1. The number of fused-ring (bicyclic) bond motifs is 5. The van der Waals surface area contributed by atoms with E-state index in [0.29, 0.717) is 42.9 Å². The molecule has 5 aliphatic rings. The number of phosphoric ester groups is 1. The van der Waals surface area contributed by atoms with Gasteiger partial charge in [-0.15, -0.1) is 0 Å². The molecule has 3 saturated carbocycles. The summed E-state index contributed by atoms with van der Waals surface area (Å²) in [5, 5.41) is 54.6. The van der Waals surface area contributed by atoms with Gasteiger partial charge in [0.1, 0.15) is 36.3 Å². The maximum atomic E-state index is 11.7. The molecule has 0 aromatic carbocycles. The van der Waals surface area contributed by atoms with Crippen molar-refractivity contribution in [3.05, 3.63) is 11.3 Å². The van der Waals surface area contributed by atoms with Crippen LogP contribution in [0.2, 0.25) is 0 Å². The van der Waals surface area contributed by atoms with Crippen LogP contribution < -0.4 is 0 Å². The Morgan fingerprint density at radius 3 is 2.31 bits per heavy atom. The lowest BCUT2D eigenvalue weighted by molar-refractivity contribution is -0.312. The van der Waals surface area contributed by atoms with E-state index < -0.39 is 57.3 Å². The minimum atomic E-state index is -4.86. The Balaban J connectivity index is 1.29. The van der Waals surface area contributed by atoms with Crippen LogP contribution in [-0.2, 0) is 18.6 Å². The van der Waals surface area contributed by atoms with Gasteiger partial charge < -0.3 is 44.8 Å². The number of hydrogen-bond donors (Lipinski definition) is 7. The molecule has 0 aromatic heterocycles. The van der Waals surface area contributed by atoms with Crippen LogP contribution in [-0.4, -0.2) is 84.8 Å². The molecule has 11 nitrogen and oxygen atoms in total. The molecule has 1 unspecified atom stereocenters. The number of aliphatic hydroxyl groups excluding tert-OH is 5. The van der Waals surface area contributed by atoms with E-state index in [1.54, 1.807) is 0 Å². The zero-order chi connectivity index (χ0) is 33.1. The summed E-state index contributed by atoms with van der Waals surface area (Å²) in [5.74, 6) is 2.60. The summed E-state index contributed by atoms with van der Waals surface area (Å²) in [4.78, 5) is 18.1. The fourth-order valence-corrected chi connectivity index (χ4v) is 10.7. The molecule has 0 radical (unpaired) electrons. The lowest BCUT2D eigenvalue weighted by atomic mass is 9.46. The van der Waals surface area contributed by atoms with E-state index in [-0.39, 0.29) is 28.4 Å². The maximum absolute atomic E-state index is 11.7. The Morgan fingerprint density at radius 2 is 1.64 bits per heavy atom. The molecule has 260 valence electrons. The second-order valence-corrected chi connectivity index (χ2v) is 17.1. The van der Waals surface area contributed by atoms with E-state index in [1.165, 1.54) is 25.7 Å². The van der Waals surface area contributed by atoms with E-state index in [9.17, 15) is 30.1 Å². The van der Waals surface area contributed by atoms with Crippen molar-refractivity contribution in [2.45, 2.75) is 142 Å². The van der Waals surface area contributed by atoms with Crippen LogP contribution >= 0.6 is 7.82 Å². The molecular weight excluding hydrogens is 603 g/mol. The zero-order valence-electron chi connectivity index (χ0n) is 27.5. The standard InChI is InChI=1S/C33H57O11P/c1-17(2)7-6-8-18(3)20-9-10-21-25-22(12-14-32(20,21)4)33(5)13-11-19(15-23(33)26(34)28(25)36)43-31-30(38)29(37)27(35)24(44-31)16-42-45(39,40)41/h17-22,24-25,27-31,34-38H,6-16H2,1-5H3,(H2,39,40,41)/t18-,19+,20-,21+,22+,24-,25+,27-,28?,29-,30-,31+,32-,33-/m1/s1. The first kappa shape index (κ1) is 35.7. The first-order valence-corrected chi connectivity index (χ1v) is 18.7. The Hall–Kier alpha value is -0.590. The predicted octanol–water partition coefficient (Wildman–Crippen LogP) is 4.19. The summed E-state index contributed by atoms with van der Waals surface area (Å²) in [6, 6.07) is 0. The lowest BCUT2D eigenvalue weighted by Crippen LogP contribution is -2.60. The van der Waals surface area contributed by atoms with Crippen molar-refractivity contribution in [1.29, 1.82) is 0 Å². The molecular formula is C33H57O11P. The quantitative estimate of drug-likeness (QED) is 0.167. The van der Waals surface area contributed by atoms with Crippen molar-refractivity contribution >= 4 is 7.82 Å². The van der Waals surface area contributed by atoms with E-state index >= 15 is 0 Å². The number of aliphatic hydroxyl groups is 5. The van der Waals surface area contributed by atoms with E-state index in [2.05, 4.69) is 39.1 Å². The Morgan fingerprint density at radius 1 is 0.933 bits per heavy atom. The van der Waals surface area contributed by atoms with Crippen molar-refractivity contribution in [3.63, 3.8) is 0 Å². The smallest absolute Gasteiger partial charge is 0.469 e. The summed E-state index contributed by atoms with van der Waals surface area (Å²) in [6.07, 6.45) is 0.615. The number of hydrogen-bond acceptors (Lipinski definition) is 9. The van der Waals surface area contributed by atoms with Gasteiger partial charge in [0, 0.05) is 0 Å². The molecule has 0 amide bonds. The molecule has 0 bridgehead atoms.